The summed E-state index contributed by atoms with van der Waals surface area (Å²) in [7, 11) is -1.93. The van der Waals surface area contributed by atoms with Gasteiger partial charge in [-0.15, -0.1) is 11.3 Å². The predicted molar refractivity (Wildman–Crippen MR) is 96.5 cm³/mol. The maximum Gasteiger partial charge on any atom is 0.239 e. The molecule has 132 valence electrons. The van der Waals surface area contributed by atoms with Crippen LogP contribution in [0.4, 0.5) is 5.00 Å². The lowest BCUT2D eigenvalue weighted by Gasteiger charge is -2.24. The summed E-state index contributed by atoms with van der Waals surface area (Å²) in [4.78, 5) is 14.0. The van der Waals surface area contributed by atoms with Crippen LogP contribution >= 0.6 is 11.3 Å². The minimum absolute atomic E-state index is 0.0468. The van der Waals surface area contributed by atoms with E-state index in [4.69, 9.17) is 10.4 Å². The molecule has 0 saturated heterocycles. The Labute approximate surface area is 150 Å². The molecule has 7 nitrogen and oxygen atoms in total. The van der Waals surface area contributed by atoms with E-state index in [0.29, 0.717) is 10.6 Å². The Balaban J connectivity index is 2.01. The first-order valence-corrected chi connectivity index (χ1v) is 9.75. The van der Waals surface area contributed by atoms with E-state index in [1.54, 1.807) is 30.6 Å². The van der Waals surface area contributed by atoms with Gasteiger partial charge in [0.15, 0.2) is 0 Å². The van der Waals surface area contributed by atoms with Gasteiger partial charge in [-0.1, -0.05) is 12.1 Å². The fourth-order valence-electron chi connectivity index (χ4n) is 2.21. The van der Waals surface area contributed by atoms with Crippen molar-refractivity contribution in [2.24, 2.45) is 5.14 Å². The monoisotopic (exact) mass is 378 g/mol. The van der Waals surface area contributed by atoms with Crippen LogP contribution in [0, 0.1) is 11.3 Å². The molecule has 3 N–H and O–H groups in total. The zero-order valence-electron chi connectivity index (χ0n) is 13.8. The Bertz CT molecular complexity index is 898. The number of hydrogen-bond donors (Lipinski definition) is 2. The number of nitrogens with two attached hydrogens (primary N) is 1. The fourth-order valence-corrected chi connectivity index (χ4v) is 3.48. The van der Waals surface area contributed by atoms with Crippen LogP contribution < -0.4 is 10.5 Å². The van der Waals surface area contributed by atoms with Crippen molar-refractivity contribution in [3.05, 3.63) is 46.8 Å². The average Bonchev–Trinajstić information content (AvgIpc) is 3.00. The van der Waals surface area contributed by atoms with Gasteiger partial charge in [0.1, 0.15) is 11.1 Å². The first-order valence-electron chi connectivity index (χ1n) is 7.33. The number of hydrogen-bond acceptors (Lipinski definition) is 6. The van der Waals surface area contributed by atoms with Crippen LogP contribution in [-0.2, 0) is 14.8 Å². The standard InChI is InChI=1S/C16H18N4O3S2/c1-11(12-3-5-14(6-4-12)25(18,22)23)20(2)10-15(21)19-16-13(9-17)7-8-24-16/h3-8,11H,10H2,1-2H3,(H,19,21)(H2,18,22,23). The molecule has 0 aliphatic carbocycles. The van der Waals surface area contributed by atoms with Crippen molar-refractivity contribution in [1.82, 2.24) is 4.90 Å². The molecule has 0 saturated carbocycles. The molecular weight excluding hydrogens is 360 g/mol. The molecule has 1 aromatic carbocycles. The van der Waals surface area contributed by atoms with Gasteiger partial charge in [0.05, 0.1) is 17.0 Å². The Morgan fingerprint density at radius 2 is 2.00 bits per heavy atom. The van der Waals surface area contributed by atoms with Crippen LogP contribution in [0.1, 0.15) is 24.1 Å². The molecule has 0 bridgehead atoms. The van der Waals surface area contributed by atoms with Crippen molar-refractivity contribution >= 4 is 32.3 Å². The van der Waals surface area contributed by atoms with E-state index in [1.807, 2.05) is 17.9 Å². The lowest BCUT2D eigenvalue weighted by Crippen LogP contribution is -2.32. The molecule has 2 aromatic rings. The smallest absolute Gasteiger partial charge is 0.239 e. The van der Waals surface area contributed by atoms with Gasteiger partial charge in [0, 0.05) is 6.04 Å². The lowest BCUT2D eigenvalue weighted by molar-refractivity contribution is -0.117. The zero-order valence-corrected chi connectivity index (χ0v) is 15.4. The van der Waals surface area contributed by atoms with E-state index >= 15 is 0 Å². The first-order chi connectivity index (χ1) is 11.7. The lowest BCUT2D eigenvalue weighted by atomic mass is 10.1. The van der Waals surface area contributed by atoms with E-state index < -0.39 is 10.0 Å². The molecule has 2 rings (SSSR count). The number of rotatable bonds is 6. The Kier molecular flexibility index (Phi) is 5.92. The number of benzene rings is 1. The van der Waals surface area contributed by atoms with Gasteiger partial charge < -0.3 is 5.32 Å². The summed E-state index contributed by atoms with van der Waals surface area (Å²) in [5.74, 6) is -0.227. The number of carbonyl (C=O) groups is 1. The van der Waals surface area contributed by atoms with Gasteiger partial charge in [0.2, 0.25) is 15.9 Å². The summed E-state index contributed by atoms with van der Waals surface area (Å²) in [6.45, 7) is 2.03. The van der Waals surface area contributed by atoms with Crippen molar-refractivity contribution < 1.29 is 13.2 Å². The van der Waals surface area contributed by atoms with E-state index in [0.717, 1.165) is 5.56 Å². The quantitative estimate of drug-likeness (QED) is 0.796. The SMILES string of the molecule is CC(c1ccc(S(N)(=O)=O)cc1)N(C)CC(=O)Nc1sccc1C#N. The number of sulfonamides is 1. The molecule has 9 heteroatoms. The van der Waals surface area contributed by atoms with Crippen molar-refractivity contribution in [2.75, 3.05) is 18.9 Å². The number of anilines is 1. The van der Waals surface area contributed by atoms with Crippen LogP contribution in [0.25, 0.3) is 0 Å². The first kappa shape index (κ1) is 19.1. The van der Waals surface area contributed by atoms with Gasteiger partial charge in [-0.3, -0.25) is 9.69 Å². The third kappa shape index (κ3) is 4.87. The minimum atomic E-state index is -3.72. The predicted octanol–water partition coefficient (Wildman–Crippen LogP) is 1.90. The Morgan fingerprint density at radius 1 is 1.36 bits per heavy atom. The van der Waals surface area contributed by atoms with Crippen molar-refractivity contribution in [2.45, 2.75) is 17.9 Å². The van der Waals surface area contributed by atoms with Crippen LogP contribution in [0.3, 0.4) is 0 Å². The highest BCUT2D eigenvalue weighted by Crippen LogP contribution is 2.23. The molecule has 1 heterocycles. The van der Waals surface area contributed by atoms with E-state index in [9.17, 15) is 13.2 Å². The molecule has 25 heavy (non-hydrogen) atoms. The molecule has 0 aliphatic heterocycles. The Morgan fingerprint density at radius 3 is 2.56 bits per heavy atom. The molecule has 1 unspecified atom stereocenters. The molecule has 0 aliphatic rings. The zero-order chi connectivity index (χ0) is 18.6. The van der Waals surface area contributed by atoms with Crippen LogP contribution in [0.15, 0.2) is 40.6 Å². The van der Waals surface area contributed by atoms with Gasteiger partial charge in [-0.25, -0.2) is 13.6 Å². The van der Waals surface area contributed by atoms with E-state index in [2.05, 4.69) is 5.32 Å². The van der Waals surface area contributed by atoms with Gasteiger partial charge >= 0.3 is 0 Å². The summed E-state index contributed by atoms with van der Waals surface area (Å²) >= 11 is 1.30. The number of nitriles is 1. The van der Waals surface area contributed by atoms with Crippen molar-refractivity contribution in [3.8, 4) is 6.07 Å². The average molecular weight is 378 g/mol. The van der Waals surface area contributed by atoms with Gasteiger partial charge in [-0.05, 0) is 43.1 Å². The third-order valence-electron chi connectivity index (χ3n) is 3.78. The molecule has 1 amide bonds. The van der Waals surface area contributed by atoms with Crippen molar-refractivity contribution in [1.29, 1.82) is 5.26 Å². The third-order valence-corrected chi connectivity index (χ3v) is 5.54. The second kappa shape index (κ2) is 7.76. The summed E-state index contributed by atoms with van der Waals surface area (Å²) in [6, 6.07) is 9.80. The number of thiophene rings is 1. The van der Waals surface area contributed by atoms with E-state index in [1.165, 1.54) is 23.5 Å². The molecule has 0 spiro atoms. The fraction of sp³-hybridized carbons (Fsp3) is 0.250. The highest BCUT2D eigenvalue weighted by molar-refractivity contribution is 7.89. The number of carbonyl (C=O) groups excluding carboxylic acids is 1. The number of nitrogens with one attached hydrogen (secondary N) is 1. The summed E-state index contributed by atoms with van der Waals surface area (Å²) < 4.78 is 22.6. The molecule has 1 aromatic heterocycles. The molecular formula is C16H18N4O3S2. The maximum absolute atomic E-state index is 12.2. The van der Waals surface area contributed by atoms with Gasteiger partial charge in [0.25, 0.3) is 0 Å². The van der Waals surface area contributed by atoms with Crippen LogP contribution in [-0.4, -0.2) is 32.8 Å². The number of likely N-dealkylation sites (N-methyl/N-ethyl adjacent to an activating group) is 1. The summed E-state index contributed by atoms with van der Waals surface area (Å²) in [5.41, 5.74) is 1.30. The van der Waals surface area contributed by atoms with Crippen LogP contribution in [0.2, 0.25) is 0 Å². The normalized spacial score (nSPS) is 12.6. The maximum atomic E-state index is 12.2. The molecule has 1 atom stereocenters. The largest absolute Gasteiger partial charge is 0.315 e. The highest BCUT2D eigenvalue weighted by atomic mass is 32.2. The minimum Gasteiger partial charge on any atom is -0.315 e. The topological polar surface area (TPSA) is 116 Å². The molecule has 0 radical (unpaired) electrons. The Hall–Kier alpha value is -2.25. The van der Waals surface area contributed by atoms with Gasteiger partial charge in [-0.2, -0.15) is 5.26 Å². The number of nitrogens with zero attached hydrogens (tertiary/aromatic N) is 2. The summed E-state index contributed by atoms with van der Waals surface area (Å²) in [6.07, 6.45) is 0. The van der Waals surface area contributed by atoms with Crippen LogP contribution in [0.5, 0.6) is 0 Å². The number of amides is 1. The highest BCUT2D eigenvalue weighted by Gasteiger charge is 2.17. The van der Waals surface area contributed by atoms with Crippen molar-refractivity contribution in [3.63, 3.8) is 0 Å². The second-order valence-corrected chi connectivity index (χ2v) is 8.01. The second-order valence-electron chi connectivity index (χ2n) is 5.53. The van der Waals surface area contributed by atoms with E-state index in [-0.39, 0.29) is 23.4 Å². The number of primary sulfonamides is 1. The summed E-state index contributed by atoms with van der Waals surface area (Å²) in [5, 5.41) is 19.0. The molecule has 0 fully saturated rings.